The van der Waals surface area contributed by atoms with Crippen LogP contribution in [0.3, 0.4) is 0 Å². The van der Waals surface area contributed by atoms with Crippen LogP contribution in [0.15, 0.2) is 0 Å². The van der Waals surface area contributed by atoms with Crippen molar-refractivity contribution in [1.29, 1.82) is 0 Å². The highest BCUT2D eigenvalue weighted by molar-refractivity contribution is 5.00. The number of rotatable bonds is 25. The molecule has 84 heavy (non-hydrogen) atoms. The fourth-order valence-electron chi connectivity index (χ4n) is 10.6. The summed E-state index contributed by atoms with van der Waals surface area (Å²) in [6.45, 7) is -6.59. The van der Waals surface area contributed by atoms with Crippen molar-refractivity contribution in [3.8, 4) is 0 Å². The molecule has 0 saturated carbocycles. The average molecular weight is 1240 g/mol. The van der Waals surface area contributed by atoms with E-state index in [1.165, 1.54) is 0 Å². The Morgan fingerprint density at radius 2 is 0.548 bits per heavy atom. The summed E-state index contributed by atoms with van der Waals surface area (Å²) in [5.74, 6) is 0. The topological polar surface area (TPSA) is 600 Å². The molecule has 0 amide bonds. The lowest BCUT2D eigenvalue weighted by atomic mass is 9.95. The zero-order valence-corrected chi connectivity index (χ0v) is 44.8. The summed E-state index contributed by atoms with van der Waals surface area (Å²) in [6, 6.07) is 0. The molecule has 7 aliphatic rings. The summed E-state index contributed by atoms with van der Waals surface area (Å²) in [5, 5.41) is 237. The van der Waals surface area contributed by atoms with Crippen molar-refractivity contribution in [2.75, 3.05) is 59.4 Å². The zero-order chi connectivity index (χ0) is 61.6. The van der Waals surface area contributed by atoms with Gasteiger partial charge >= 0.3 is 0 Å². The fourth-order valence-corrected chi connectivity index (χ4v) is 10.6. The fraction of sp³-hybridized carbons (Fsp3) is 1.00. The molecule has 7 heterocycles. The van der Waals surface area contributed by atoms with Gasteiger partial charge < -0.3 is 184 Å². The maximum atomic E-state index is 12.1. The first kappa shape index (κ1) is 70.0. The Bertz CT molecular complexity index is 1930. The van der Waals surface area contributed by atoms with Gasteiger partial charge in [-0.05, 0) is 25.8 Å². The van der Waals surface area contributed by atoms with Crippen LogP contribution in [0.1, 0.15) is 19.3 Å². The Kier molecular flexibility index (Phi) is 26.2. The van der Waals surface area contributed by atoms with Crippen LogP contribution in [0.25, 0.3) is 0 Å². The highest BCUT2D eigenvalue weighted by Crippen LogP contribution is 2.38. The Labute approximate surface area is 477 Å². The molecule has 0 aromatic heterocycles. The second-order valence-electron chi connectivity index (χ2n) is 21.3. The quantitative estimate of drug-likeness (QED) is 0.0377. The summed E-state index contributed by atoms with van der Waals surface area (Å²) in [7, 11) is 0. The molecule has 0 radical (unpaired) electrons. The Morgan fingerprint density at radius 3 is 0.905 bits per heavy atom. The van der Waals surface area contributed by atoms with Crippen molar-refractivity contribution in [2.24, 2.45) is 5.73 Å². The van der Waals surface area contributed by atoms with Gasteiger partial charge in [-0.3, -0.25) is 0 Å². The maximum Gasteiger partial charge on any atom is 0.187 e. The molecule has 7 aliphatic heterocycles. The van der Waals surface area contributed by atoms with E-state index in [1.54, 1.807) is 0 Å². The minimum atomic E-state index is -2.22. The summed E-state index contributed by atoms with van der Waals surface area (Å²) >= 11 is 0. The Hall–Kier alpha value is -1.48. The summed E-state index contributed by atoms with van der Waals surface area (Å²) in [5.41, 5.74) is 5.64. The van der Waals surface area contributed by atoms with Crippen molar-refractivity contribution in [2.45, 2.75) is 234 Å². The van der Waals surface area contributed by atoms with Crippen LogP contribution in [0, 0.1) is 0 Å². The van der Waals surface area contributed by atoms with E-state index in [2.05, 4.69) is 0 Å². The van der Waals surface area contributed by atoms with E-state index < -0.39 is 261 Å². The van der Waals surface area contributed by atoms with E-state index in [0.717, 1.165) is 0 Å². The lowest BCUT2D eigenvalue weighted by molar-refractivity contribution is -0.406. The second-order valence-corrected chi connectivity index (χ2v) is 21.3. The predicted molar refractivity (Wildman–Crippen MR) is 258 cm³/mol. The van der Waals surface area contributed by atoms with Crippen molar-refractivity contribution in [1.82, 2.24) is 0 Å². The van der Waals surface area contributed by atoms with Crippen LogP contribution in [-0.4, -0.2) is 387 Å². The second kappa shape index (κ2) is 31.5. The highest BCUT2D eigenvalue weighted by Gasteiger charge is 2.58. The molecule has 0 unspecified atom stereocenters. The molecule has 37 nitrogen and oxygen atoms in total. The van der Waals surface area contributed by atoms with Gasteiger partial charge in [-0.1, -0.05) is 0 Å². The van der Waals surface area contributed by atoms with Gasteiger partial charge in [-0.15, -0.1) is 0 Å². The maximum absolute atomic E-state index is 12.1. The number of aliphatic hydroxyl groups excluding tert-OH is 22. The van der Waals surface area contributed by atoms with Crippen molar-refractivity contribution < 1.29 is 179 Å². The molecule has 492 valence electrons. The Balaban J connectivity index is 1.16. The Morgan fingerprint density at radius 1 is 0.250 bits per heavy atom. The van der Waals surface area contributed by atoms with Gasteiger partial charge in [0.1, 0.15) is 171 Å². The highest BCUT2D eigenvalue weighted by atomic mass is 16.8. The van der Waals surface area contributed by atoms with Gasteiger partial charge in [0.15, 0.2) is 44.0 Å². The molecule has 7 fully saturated rings. The monoisotopic (exact) mass is 1240 g/mol. The van der Waals surface area contributed by atoms with Crippen LogP contribution in [0.5, 0.6) is 0 Å². The SMILES string of the molecule is NCCCCCO[C@@H]1O[C@H](CO[C@H]2O[C@H](CO)[C@@H](O)[C@H](O)[C@@H]2O[C@H]2O[C@H](CO)[C@@H](O)[C@H](O)[C@@H]2O[C@H]2O[C@H](CO)[C@@H](O)[C@H](O)[C@@H]2O)[C@@H](O)[C@H](O[C@H]2O[C@H](CO)[C@@H](O)[C@H](O)[C@@H]2O[C@H]2O[C@H](CO)[C@@H](O)[C@H](O)[C@@H]2O[C@H]2O[C@H](CO)[C@@H](O)[C@H](O)[C@@H]2O)[C@@H]1O. The third-order valence-corrected chi connectivity index (χ3v) is 15.6. The van der Waals surface area contributed by atoms with Crippen LogP contribution < -0.4 is 5.73 Å². The first-order valence-corrected chi connectivity index (χ1v) is 27.3. The van der Waals surface area contributed by atoms with Gasteiger partial charge in [-0.2, -0.15) is 0 Å². The number of hydrogen-bond donors (Lipinski definition) is 23. The van der Waals surface area contributed by atoms with E-state index >= 15 is 0 Å². The van der Waals surface area contributed by atoms with E-state index in [9.17, 15) is 112 Å². The first-order valence-electron chi connectivity index (χ1n) is 27.3. The standard InChI is InChI=1S/C47H83NO36/c48-4-2-1-3-5-71-41-35(70)36(80-45-40(32(67)25(60)16(9-52)76-45)84-47-39(31(66)24(59)18(11-54)78-47)82-43-34(69)28(63)21(56)14(7-50)74-43)26(61)19(79-41)12-72-44-37(29(64)22(57)15(8-51)75-44)83-46-38(30(65)23(58)17(10-53)77-46)81-42-33(68)27(62)20(55)13(6-49)73-42/h13-47,49-70H,1-12,48H2/t13-,14-,15-,16-,17-,18-,19-,20-,21-,22-,23-,24-,25-,26-,27+,28+,29+,30+,31+,32+,33+,34+,35+,36+,37+,38+,39+,40+,41-,42-,43-,44+,45-,46-,47-/m1/s1. The molecule has 0 spiro atoms. The van der Waals surface area contributed by atoms with Crippen LogP contribution in [0.4, 0.5) is 0 Å². The van der Waals surface area contributed by atoms with E-state index in [4.69, 9.17) is 72.0 Å². The molecule has 0 bridgehead atoms. The summed E-state index contributed by atoms with van der Waals surface area (Å²) in [6.07, 6.45) is -67.6. The van der Waals surface area contributed by atoms with Gasteiger partial charge in [0, 0.05) is 6.61 Å². The number of unbranched alkanes of at least 4 members (excludes halogenated alkanes) is 2. The molecule has 0 aliphatic carbocycles. The van der Waals surface area contributed by atoms with Gasteiger partial charge in [0.25, 0.3) is 0 Å². The summed E-state index contributed by atoms with van der Waals surface area (Å²) < 4.78 is 81.3. The molecular weight excluding hydrogens is 1150 g/mol. The van der Waals surface area contributed by atoms with E-state index in [-0.39, 0.29) is 6.61 Å². The molecule has 0 aromatic carbocycles. The lowest BCUT2D eigenvalue weighted by Crippen LogP contribution is -2.68. The molecule has 37 heteroatoms. The van der Waals surface area contributed by atoms with E-state index in [1.807, 2.05) is 0 Å². The number of nitrogens with two attached hydrogens (primary N) is 1. The molecule has 7 saturated heterocycles. The third-order valence-electron chi connectivity index (χ3n) is 15.6. The van der Waals surface area contributed by atoms with Crippen LogP contribution in [0.2, 0.25) is 0 Å². The van der Waals surface area contributed by atoms with Crippen LogP contribution in [-0.2, 0) is 66.3 Å². The third kappa shape index (κ3) is 15.3. The molecule has 24 N–H and O–H groups in total. The summed E-state index contributed by atoms with van der Waals surface area (Å²) in [4.78, 5) is 0. The van der Waals surface area contributed by atoms with Crippen molar-refractivity contribution >= 4 is 0 Å². The molecule has 0 aromatic rings. The normalized spacial score (nSPS) is 50.5. The number of aliphatic hydroxyl groups is 22. The van der Waals surface area contributed by atoms with Crippen LogP contribution >= 0.6 is 0 Å². The van der Waals surface area contributed by atoms with Gasteiger partial charge in [0.2, 0.25) is 0 Å². The minimum absolute atomic E-state index is 0.136. The number of ether oxygens (including phenoxy) is 14. The predicted octanol–water partition coefficient (Wildman–Crippen LogP) is -15.1. The van der Waals surface area contributed by atoms with Crippen molar-refractivity contribution in [3.63, 3.8) is 0 Å². The molecular formula is C47H83NO36. The molecule has 7 rings (SSSR count). The zero-order valence-electron chi connectivity index (χ0n) is 44.8. The van der Waals surface area contributed by atoms with E-state index in [0.29, 0.717) is 25.8 Å². The van der Waals surface area contributed by atoms with Gasteiger partial charge in [0.05, 0.1) is 46.2 Å². The first-order chi connectivity index (χ1) is 40.0. The van der Waals surface area contributed by atoms with Gasteiger partial charge in [-0.25, -0.2) is 0 Å². The number of hydrogen-bond acceptors (Lipinski definition) is 37. The lowest BCUT2D eigenvalue weighted by Gasteiger charge is -2.50. The minimum Gasteiger partial charge on any atom is -0.394 e. The average Bonchev–Trinajstić information content (AvgIpc) is 3.35. The largest absolute Gasteiger partial charge is 0.394 e. The smallest absolute Gasteiger partial charge is 0.187 e. The van der Waals surface area contributed by atoms with Crippen molar-refractivity contribution in [3.05, 3.63) is 0 Å². The molecule has 35 atom stereocenters.